The molecular formula is C112H115FN24O13. The Kier molecular flexibility index (Phi) is 31.6. The summed E-state index contributed by atoms with van der Waals surface area (Å²) in [4.78, 5) is 110. The summed E-state index contributed by atoms with van der Waals surface area (Å²) in [6.07, 6.45) is 29.0. The van der Waals surface area contributed by atoms with Gasteiger partial charge in [0.1, 0.15) is 74.2 Å². The molecule has 768 valence electrons. The number of nitrogens with one attached hydrogen (secondary N) is 5. The van der Waals surface area contributed by atoms with Gasteiger partial charge in [0.05, 0.1) is 81.6 Å². The number of rotatable bonds is 25. The fourth-order valence-corrected chi connectivity index (χ4v) is 19.8. The topological polar surface area (TPSA) is 435 Å². The van der Waals surface area contributed by atoms with E-state index >= 15 is 0 Å². The molecule has 5 aliphatic rings. The van der Waals surface area contributed by atoms with Crippen molar-refractivity contribution in [3.05, 3.63) is 357 Å². The molecular weight excluding hydrogens is 1910 g/mol. The van der Waals surface area contributed by atoms with Gasteiger partial charge in [0, 0.05) is 147 Å². The van der Waals surface area contributed by atoms with Crippen molar-refractivity contribution in [2.75, 3.05) is 80.3 Å². The maximum absolute atomic E-state index is 13.2. The molecule has 38 heteroatoms. The zero-order valence-electron chi connectivity index (χ0n) is 83.7. The third kappa shape index (κ3) is 23.4. The SMILES string of the molecule is C=Cc1cc(OC)ccc1Cc1nc2c(cnn2C2CCOCC2)c(=O)[nH]1.CCc1cc(OC)ccc1Cc1nc2c(cnn2C2CCOCC2)c(=O)[nH]1.Cn1cc(-c2ccccc2Cc2nc3c(cnn3C3CCOCC3)c(=O)[nH]2)cn1.O=c1[nH]c(Cc2ccccc2-c2ccc(F)nc2)nc2c1cnn2C1CCOCC1.O=c1[nH]c(Cc2ccccc2-c2ccc(OCc3ccccc3)nc2)nc2c1cnn2C1CCOCC1. The summed E-state index contributed by atoms with van der Waals surface area (Å²) >= 11 is 0. The lowest BCUT2D eigenvalue weighted by atomic mass is 9.98. The van der Waals surface area contributed by atoms with E-state index in [4.69, 9.17) is 62.8 Å². The monoisotopic (exact) mass is 2020 g/mol. The highest BCUT2D eigenvalue weighted by molar-refractivity contribution is 5.78. The van der Waals surface area contributed by atoms with Gasteiger partial charge in [-0.3, -0.25) is 28.7 Å². The van der Waals surface area contributed by atoms with Crippen LogP contribution in [0.25, 0.3) is 94.6 Å². The van der Waals surface area contributed by atoms with Crippen LogP contribution in [0.4, 0.5) is 4.39 Å². The molecule has 0 bridgehead atoms. The molecule has 0 radical (unpaired) electrons. The summed E-state index contributed by atoms with van der Waals surface area (Å²) in [5.41, 5.74) is 16.7. The second-order valence-electron chi connectivity index (χ2n) is 37.5. The van der Waals surface area contributed by atoms with Crippen molar-refractivity contribution in [3.8, 4) is 50.8 Å². The third-order valence-electron chi connectivity index (χ3n) is 27.8. The number of aromatic amines is 5. The normalized spacial score (nSPS) is 14.9. The molecule has 37 nitrogen and oxygen atoms in total. The zero-order valence-corrected chi connectivity index (χ0v) is 83.7. The Morgan fingerprint density at radius 1 is 0.360 bits per heavy atom. The summed E-state index contributed by atoms with van der Waals surface area (Å²) < 4.78 is 68.1. The fourth-order valence-electron chi connectivity index (χ4n) is 19.8. The Morgan fingerprint density at radius 3 is 1.03 bits per heavy atom. The highest BCUT2D eigenvalue weighted by Gasteiger charge is 2.29. The molecule has 24 rings (SSSR count). The van der Waals surface area contributed by atoms with Crippen molar-refractivity contribution >= 4 is 61.2 Å². The van der Waals surface area contributed by atoms with Crippen LogP contribution >= 0.6 is 0 Å². The first-order valence-electron chi connectivity index (χ1n) is 50.6. The number of H-pyrrole nitrogens is 5. The van der Waals surface area contributed by atoms with Crippen molar-refractivity contribution in [1.82, 2.24) is 118 Å². The van der Waals surface area contributed by atoms with Gasteiger partial charge in [-0.1, -0.05) is 135 Å². The largest absolute Gasteiger partial charge is 0.497 e. The van der Waals surface area contributed by atoms with Crippen LogP contribution in [0.1, 0.15) is 175 Å². The van der Waals surface area contributed by atoms with Crippen LogP contribution in [0.3, 0.4) is 0 Å². The molecule has 6 aromatic carbocycles. The Morgan fingerprint density at radius 2 is 0.693 bits per heavy atom. The molecule has 0 unspecified atom stereocenters. The molecule has 0 atom stereocenters. The molecule has 0 amide bonds. The van der Waals surface area contributed by atoms with Gasteiger partial charge >= 0.3 is 0 Å². The third-order valence-corrected chi connectivity index (χ3v) is 27.8. The maximum atomic E-state index is 13.2. The Balaban J connectivity index is 0.000000114. The van der Waals surface area contributed by atoms with E-state index in [2.05, 4.69) is 103 Å². The maximum Gasteiger partial charge on any atom is 0.262 e. The minimum absolute atomic E-state index is 0.139. The van der Waals surface area contributed by atoms with Crippen LogP contribution in [0.5, 0.6) is 17.4 Å². The first kappa shape index (κ1) is 101. The average Bonchev–Trinajstić information content (AvgIpc) is 1.65. The van der Waals surface area contributed by atoms with Crippen molar-refractivity contribution in [1.29, 1.82) is 0 Å². The van der Waals surface area contributed by atoms with E-state index in [9.17, 15) is 28.4 Å². The lowest BCUT2D eigenvalue weighted by Gasteiger charge is -2.22. The molecule has 18 heterocycles. The van der Waals surface area contributed by atoms with Gasteiger partial charge in [0.2, 0.25) is 11.8 Å². The molecule has 0 spiro atoms. The number of hydrogen-bond acceptors (Lipinski definition) is 26. The Labute approximate surface area is 859 Å². The predicted molar refractivity (Wildman–Crippen MR) is 564 cm³/mol. The Bertz CT molecular complexity index is 8260. The predicted octanol–water partition coefficient (Wildman–Crippen LogP) is 15.8. The molecule has 5 fully saturated rings. The van der Waals surface area contributed by atoms with Gasteiger partial charge in [-0.2, -0.15) is 35.0 Å². The fraction of sp³-hybridized carbons (Fsp3) is 0.321. The number of ether oxygens (including phenoxy) is 8. The van der Waals surface area contributed by atoms with Gasteiger partial charge < -0.3 is 62.8 Å². The highest BCUT2D eigenvalue weighted by Crippen LogP contribution is 2.35. The van der Waals surface area contributed by atoms with E-state index in [-0.39, 0.29) is 58.0 Å². The highest BCUT2D eigenvalue weighted by atomic mass is 19.1. The molecule has 5 N–H and O–H groups in total. The number of methoxy groups -OCH3 is 2. The number of fused-ring (bicyclic) bond motifs is 5. The minimum Gasteiger partial charge on any atom is -0.497 e. The molecule has 150 heavy (non-hydrogen) atoms. The van der Waals surface area contributed by atoms with E-state index in [0.29, 0.717) is 195 Å². The van der Waals surface area contributed by atoms with Crippen molar-refractivity contribution in [2.45, 2.75) is 146 Å². The molecule has 19 aromatic rings. The van der Waals surface area contributed by atoms with E-state index in [1.807, 2.05) is 176 Å². The molecule has 13 aromatic heterocycles. The second kappa shape index (κ2) is 47.1. The number of hydrogen-bond donors (Lipinski definition) is 5. The summed E-state index contributed by atoms with van der Waals surface area (Å²) in [6.45, 7) is 13.5. The van der Waals surface area contributed by atoms with Crippen molar-refractivity contribution in [3.63, 3.8) is 0 Å². The van der Waals surface area contributed by atoms with Crippen LogP contribution < -0.4 is 42.0 Å². The second-order valence-corrected chi connectivity index (χ2v) is 37.5. The number of nitrogens with zero attached hydrogens (tertiary/aromatic N) is 19. The van der Waals surface area contributed by atoms with Crippen LogP contribution in [0, 0.1) is 5.95 Å². The van der Waals surface area contributed by atoms with E-state index in [1.165, 1.54) is 17.8 Å². The lowest BCUT2D eigenvalue weighted by Crippen LogP contribution is -2.21. The van der Waals surface area contributed by atoms with Crippen LogP contribution in [-0.4, -0.2) is 199 Å². The van der Waals surface area contributed by atoms with E-state index in [0.717, 1.165) is 154 Å². The van der Waals surface area contributed by atoms with Crippen LogP contribution in [-0.2, 0) is 75.9 Å². The van der Waals surface area contributed by atoms with E-state index < -0.39 is 5.95 Å². The zero-order chi connectivity index (χ0) is 103. The quantitative estimate of drug-likeness (QED) is 0.0332. The van der Waals surface area contributed by atoms with Crippen LogP contribution in [0.15, 0.2) is 250 Å². The lowest BCUT2D eigenvalue weighted by molar-refractivity contribution is 0.0672. The number of aromatic nitrogens is 24. The van der Waals surface area contributed by atoms with Crippen molar-refractivity contribution < 1.29 is 42.3 Å². The van der Waals surface area contributed by atoms with Gasteiger partial charge in [0.25, 0.3) is 27.8 Å². The first-order chi connectivity index (χ1) is 73.5. The molecule has 0 aliphatic carbocycles. The Hall–Kier alpha value is -16.6. The summed E-state index contributed by atoms with van der Waals surface area (Å²) in [6, 6.07) is 53.8. The summed E-state index contributed by atoms with van der Waals surface area (Å²) in [7, 11) is 5.20. The van der Waals surface area contributed by atoms with Crippen LogP contribution in [0.2, 0.25) is 0 Å². The van der Waals surface area contributed by atoms with Crippen molar-refractivity contribution in [2.24, 2.45) is 7.05 Å². The molecule has 0 saturated carbocycles. The van der Waals surface area contributed by atoms with Gasteiger partial charge in [0.15, 0.2) is 28.2 Å². The molecule has 5 saturated heterocycles. The standard InChI is InChI=1S/C29H27N5O3.C22H20FN5O2.C21H22N6O2.C20H24N4O3.C20H22N4O3/c35-29-25-18-31-34(23-12-14-36-15-13-23)28(25)32-26(33-29)16-21-8-4-5-9-24(21)22-10-11-27(30-17-22)37-19-20-6-2-1-3-7-20;23-19-6-5-15(12-24-19)17-4-2-1-3-14(17)11-20-26-21-18(22(29)27-20)13-25-28(21)16-7-9-30-10-8-16;1-26-13-15(11-22-26)17-5-3-2-4-14(17)10-19-24-20-18(21(28)25-19)12-23-27(20)16-6-8-29-9-7-16;2*1-3-13-10-16(26-2)5-4-14(13)11-18-22-19-17(20(25)23-18)12-21-24(19)15-6-8-27-9-7-15/h1-11,17-18,23H,12-16,19H2,(H,32,33,35);1-6,12-13,16H,7-11H2,(H,26,27,29);2-5,11-13,16H,6-10H2,1H3,(H,24,25,28);4-5,10,12,15H,3,6-9,11H2,1-2H3,(H,22,23,25);3-5,10,12,15H,1,6-9,11H2,2H3,(H,22,23,25). The number of aryl methyl sites for hydroxylation is 2. The first-order valence-corrected chi connectivity index (χ1v) is 50.6. The average molecular weight is 2020 g/mol. The number of halogens is 1. The van der Waals surface area contributed by atoms with E-state index in [1.54, 1.807) is 62.0 Å². The summed E-state index contributed by atoms with van der Waals surface area (Å²) in [5, 5.41) is 29.1. The smallest absolute Gasteiger partial charge is 0.262 e. The number of benzene rings is 6. The molecule has 5 aliphatic heterocycles. The summed E-state index contributed by atoms with van der Waals surface area (Å²) in [5.74, 6) is 4.71. The van der Waals surface area contributed by atoms with Gasteiger partial charge in [-0.25, -0.2) is 58.3 Å². The minimum atomic E-state index is -0.519. The van der Waals surface area contributed by atoms with Gasteiger partial charge in [-0.05, 0) is 174 Å². The number of pyridine rings is 2. The van der Waals surface area contributed by atoms with Gasteiger partial charge in [-0.15, -0.1) is 0 Å².